The van der Waals surface area contributed by atoms with E-state index in [-0.39, 0.29) is 58.9 Å². The van der Waals surface area contributed by atoms with Crippen LogP contribution in [0.3, 0.4) is 0 Å². The number of nitrogens with one attached hydrogen (secondary N) is 1. The number of hydrogen-bond donors (Lipinski definition) is 2. The fraction of sp³-hybridized carbons (Fsp3) is 0.455. The highest BCUT2D eigenvalue weighted by atomic mass is 35.5. The van der Waals surface area contributed by atoms with Gasteiger partial charge in [0.1, 0.15) is 11.9 Å². The highest BCUT2D eigenvalue weighted by Crippen LogP contribution is 2.21. The van der Waals surface area contributed by atoms with Crippen molar-refractivity contribution in [3.63, 3.8) is 0 Å². The van der Waals surface area contributed by atoms with Gasteiger partial charge in [-0.05, 0) is 29.5 Å². The number of anilines is 1. The van der Waals surface area contributed by atoms with Gasteiger partial charge in [-0.25, -0.2) is 4.39 Å². The molecule has 2 rings (SSSR count). The molecule has 1 aromatic carbocycles. The molecule has 1 aromatic heterocycles. The molecule has 0 aliphatic heterocycles. The van der Waals surface area contributed by atoms with Crippen molar-refractivity contribution in [2.75, 3.05) is 5.32 Å². The number of benzene rings is 1. The lowest BCUT2D eigenvalue weighted by molar-refractivity contribution is -0.150. The van der Waals surface area contributed by atoms with Crippen LogP contribution in [0.2, 0.25) is 0 Å². The third kappa shape index (κ3) is 8.71. The summed E-state index contributed by atoms with van der Waals surface area (Å²) < 4.78 is 21.1. The van der Waals surface area contributed by atoms with Gasteiger partial charge in [0, 0.05) is 23.6 Å². The zero-order chi connectivity index (χ0) is 24.1. The summed E-state index contributed by atoms with van der Waals surface area (Å²) in [5, 5.41) is 4.19. The molecule has 1 atom stereocenters. The number of amides is 2. The predicted molar refractivity (Wildman–Crippen MR) is 127 cm³/mol. The van der Waals surface area contributed by atoms with E-state index in [1.807, 2.05) is 34.6 Å². The van der Waals surface area contributed by atoms with E-state index in [0.29, 0.717) is 0 Å². The summed E-state index contributed by atoms with van der Waals surface area (Å²) in [6, 6.07) is 3.00. The van der Waals surface area contributed by atoms with Gasteiger partial charge < -0.3 is 15.8 Å². The maximum Gasteiger partial charge on any atom is 0.324 e. The van der Waals surface area contributed by atoms with Gasteiger partial charge in [-0.1, -0.05) is 34.6 Å². The second-order valence-corrected chi connectivity index (χ2v) is 9.79. The molecule has 2 aromatic rings. The first-order valence-corrected chi connectivity index (χ1v) is 11.0. The van der Waals surface area contributed by atoms with Crippen molar-refractivity contribution in [1.29, 1.82) is 0 Å². The van der Waals surface area contributed by atoms with Crippen LogP contribution >= 0.6 is 23.7 Å². The van der Waals surface area contributed by atoms with Crippen LogP contribution in [0.15, 0.2) is 34.8 Å². The van der Waals surface area contributed by atoms with E-state index in [1.165, 1.54) is 16.7 Å². The molecule has 3 N–H and O–H groups in total. The second kappa shape index (κ2) is 12.1. The van der Waals surface area contributed by atoms with Gasteiger partial charge in [-0.15, -0.1) is 23.7 Å². The molecule has 182 valence electrons. The molecule has 0 saturated heterocycles. The molecule has 0 saturated carbocycles. The van der Waals surface area contributed by atoms with Crippen molar-refractivity contribution in [2.24, 2.45) is 22.1 Å². The zero-order valence-electron chi connectivity index (χ0n) is 19.3. The Kier molecular flexibility index (Phi) is 10.4. The second-order valence-electron chi connectivity index (χ2n) is 8.91. The number of carbonyl (C=O) groups excluding carboxylic acids is 3. The normalized spacial score (nSPS) is 12.8. The van der Waals surface area contributed by atoms with Crippen LogP contribution in [0.4, 0.5) is 10.1 Å². The Morgan fingerprint density at radius 1 is 1.27 bits per heavy atom. The van der Waals surface area contributed by atoms with Crippen LogP contribution in [0, 0.1) is 17.2 Å². The van der Waals surface area contributed by atoms with E-state index in [2.05, 4.69) is 10.3 Å². The Labute approximate surface area is 202 Å². The van der Waals surface area contributed by atoms with Crippen LogP contribution in [0.1, 0.15) is 51.4 Å². The van der Waals surface area contributed by atoms with E-state index in [4.69, 9.17) is 10.5 Å². The zero-order valence-corrected chi connectivity index (χ0v) is 20.9. The SMILES string of the molecule is CC(C)[C@H](N)C(=O)OCn1ccsc1=NC(=O)c1ccc(NC(=O)CC(C)(C)C)c(F)c1.Cl. The number of halogens is 2. The predicted octanol–water partition coefficient (Wildman–Crippen LogP) is 3.71. The molecular formula is C22H30ClFN4O4S. The molecule has 0 bridgehead atoms. The molecule has 0 fully saturated rings. The van der Waals surface area contributed by atoms with Gasteiger partial charge in [0.25, 0.3) is 5.91 Å². The summed E-state index contributed by atoms with van der Waals surface area (Å²) in [5.41, 5.74) is 5.54. The first-order valence-electron chi connectivity index (χ1n) is 10.1. The van der Waals surface area contributed by atoms with Gasteiger partial charge in [0.2, 0.25) is 5.91 Å². The third-order valence-corrected chi connectivity index (χ3v) is 5.17. The van der Waals surface area contributed by atoms with Crippen LogP contribution in [-0.2, 0) is 21.1 Å². The average Bonchev–Trinajstić information content (AvgIpc) is 3.12. The minimum absolute atomic E-state index is 0. The molecule has 2 amide bonds. The Balaban J connectivity index is 0.00000544. The molecule has 0 aliphatic rings. The maximum atomic E-state index is 14.4. The van der Waals surface area contributed by atoms with Crippen molar-refractivity contribution in [1.82, 2.24) is 4.57 Å². The number of aromatic nitrogens is 1. The van der Waals surface area contributed by atoms with Crippen molar-refractivity contribution in [3.8, 4) is 0 Å². The van der Waals surface area contributed by atoms with Crippen molar-refractivity contribution >= 4 is 47.2 Å². The number of thiazole rings is 1. The summed E-state index contributed by atoms with van der Waals surface area (Å²) in [6.45, 7) is 9.18. The molecule has 0 aliphatic carbocycles. The van der Waals surface area contributed by atoms with Crippen molar-refractivity contribution in [2.45, 2.75) is 53.8 Å². The van der Waals surface area contributed by atoms with Crippen LogP contribution in [0.25, 0.3) is 0 Å². The van der Waals surface area contributed by atoms with Gasteiger partial charge >= 0.3 is 5.97 Å². The number of nitrogens with two attached hydrogens (primary N) is 1. The van der Waals surface area contributed by atoms with Crippen LogP contribution < -0.4 is 15.9 Å². The van der Waals surface area contributed by atoms with E-state index in [0.717, 1.165) is 17.4 Å². The van der Waals surface area contributed by atoms with E-state index in [1.54, 1.807) is 11.6 Å². The third-order valence-electron chi connectivity index (χ3n) is 4.37. The molecule has 0 spiro atoms. The first kappa shape index (κ1) is 28.5. The van der Waals surface area contributed by atoms with Crippen LogP contribution in [-0.4, -0.2) is 28.4 Å². The Bertz CT molecular complexity index is 1060. The molecule has 1 heterocycles. The number of ether oxygens (including phenoxy) is 1. The lowest BCUT2D eigenvalue weighted by Crippen LogP contribution is -2.37. The topological polar surface area (TPSA) is 116 Å². The molecule has 11 heteroatoms. The summed E-state index contributed by atoms with van der Waals surface area (Å²) in [6.07, 6.45) is 1.84. The molecule has 8 nitrogen and oxygen atoms in total. The smallest absolute Gasteiger partial charge is 0.324 e. The summed E-state index contributed by atoms with van der Waals surface area (Å²) in [7, 11) is 0. The quantitative estimate of drug-likeness (QED) is 0.562. The standard InChI is InChI=1S/C22H29FN4O4S.ClH/c1-13(2)18(24)20(30)31-12-27-8-9-32-21(27)26-19(29)14-6-7-16(15(23)10-14)25-17(28)11-22(3,4)5;/h6-10,13,18H,11-12,24H2,1-5H3,(H,25,28);1H/t18-;/m0./s1. The Morgan fingerprint density at radius 3 is 2.52 bits per heavy atom. The minimum Gasteiger partial charge on any atom is -0.443 e. The van der Waals surface area contributed by atoms with Gasteiger partial charge in [0.15, 0.2) is 11.5 Å². The maximum absolute atomic E-state index is 14.4. The number of esters is 1. The summed E-state index contributed by atoms with van der Waals surface area (Å²) in [5.74, 6) is -2.34. The number of carbonyl (C=O) groups is 3. The minimum atomic E-state index is -0.748. The van der Waals surface area contributed by atoms with Gasteiger partial charge in [-0.3, -0.25) is 19.0 Å². The number of hydrogen-bond acceptors (Lipinski definition) is 6. The molecule has 33 heavy (non-hydrogen) atoms. The Morgan fingerprint density at radius 2 is 1.94 bits per heavy atom. The Hall–Kier alpha value is -2.56. The fourth-order valence-corrected chi connectivity index (χ4v) is 3.28. The molecule has 0 unspecified atom stereocenters. The fourth-order valence-electron chi connectivity index (χ4n) is 2.56. The highest BCUT2D eigenvalue weighted by molar-refractivity contribution is 7.07. The summed E-state index contributed by atoms with van der Waals surface area (Å²) in [4.78, 5) is 40.8. The average molecular weight is 501 g/mol. The molecule has 0 radical (unpaired) electrons. The summed E-state index contributed by atoms with van der Waals surface area (Å²) >= 11 is 1.16. The van der Waals surface area contributed by atoms with Crippen molar-refractivity contribution in [3.05, 3.63) is 46.0 Å². The monoisotopic (exact) mass is 500 g/mol. The van der Waals surface area contributed by atoms with Gasteiger partial charge in [0.05, 0.1) is 5.69 Å². The number of nitrogens with zero attached hydrogens (tertiary/aromatic N) is 2. The van der Waals surface area contributed by atoms with E-state index >= 15 is 0 Å². The van der Waals surface area contributed by atoms with Crippen molar-refractivity contribution < 1.29 is 23.5 Å². The molecular weight excluding hydrogens is 471 g/mol. The largest absolute Gasteiger partial charge is 0.443 e. The lowest BCUT2D eigenvalue weighted by atomic mass is 9.92. The van der Waals surface area contributed by atoms with Crippen LogP contribution in [0.5, 0.6) is 0 Å². The highest BCUT2D eigenvalue weighted by Gasteiger charge is 2.19. The van der Waals surface area contributed by atoms with E-state index < -0.39 is 23.7 Å². The lowest BCUT2D eigenvalue weighted by Gasteiger charge is -2.17. The van der Waals surface area contributed by atoms with E-state index in [9.17, 15) is 18.8 Å². The number of rotatable bonds is 7. The first-order chi connectivity index (χ1) is 14.9. The van der Waals surface area contributed by atoms with Gasteiger partial charge in [-0.2, -0.15) is 4.99 Å².